The normalized spacial score (nSPS) is 12.0. The van der Waals surface area contributed by atoms with Crippen LogP contribution < -0.4 is 0 Å². The molecule has 3 rings (SSSR count). The number of likely N-dealkylation sites (N-methyl/N-ethyl adjacent to an activating group) is 1. The third kappa shape index (κ3) is 4.16. The third-order valence-corrected chi connectivity index (χ3v) is 5.53. The molecule has 0 aliphatic carbocycles. The molecule has 0 N–H and O–H groups in total. The molecule has 7 nitrogen and oxygen atoms in total. The average molecular weight is 382 g/mol. The van der Waals surface area contributed by atoms with Crippen molar-refractivity contribution in [3.8, 4) is 11.5 Å². The Balaban J connectivity index is 1.93. The first-order valence-corrected chi connectivity index (χ1v) is 9.69. The van der Waals surface area contributed by atoms with Gasteiger partial charge in [0.1, 0.15) is 10.9 Å². The molecule has 2 aromatic heterocycles. The van der Waals surface area contributed by atoms with Crippen molar-refractivity contribution in [1.82, 2.24) is 29.6 Å². The van der Waals surface area contributed by atoms with Gasteiger partial charge in [-0.05, 0) is 19.4 Å². The summed E-state index contributed by atoms with van der Waals surface area (Å²) in [6.07, 6.45) is 4.88. The van der Waals surface area contributed by atoms with E-state index in [1.165, 1.54) is 11.8 Å². The second-order valence-corrected chi connectivity index (χ2v) is 6.95. The molecule has 0 fully saturated rings. The molecule has 0 saturated heterocycles. The van der Waals surface area contributed by atoms with Crippen LogP contribution in [-0.4, -0.2) is 48.6 Å². The maximum Gasteiger partial charge on any atom is 0.240 e. The average Bonchev–Trinajstić information content (AvgIpc) is 3.08. The first kappa shape index (κ1) is 19.0. The van der Waals surface area contributed by atoms with Crippen LogP contribution in [0.3, 0.4) is 0 Å². The molecule has 1 aromatic carbocycles. The fourth-order valence-electron chi connectivity index (χ4n) is 2.75. The molecule has 0 aliphatic heterocycles. The van der Waals surface area contributed by atoms with E-state index in [-0.39, 0.29) is 11.2 Å². The summed E-state index contributed by atoms with van der Waals surface area (Å²) in [5.41, 5.74) is 1.59. The standard InChI is InChI=1S/C19H22N6OS/c1-4-25(5-2)18(26)16(14-9-7-6-8-10-14)27-19-23-22-17(24(19)3)15-13-20-11-12-21-15/h6-13,16H,4-5H2,1-3H3. The van der Waals surface area contributed by atoms with Crippen LogP contribution in [0.25, 0.3) is 11.5 Å². The zero-order valence-corrected chi connectivity index (χ0v) is 16.4. The Morgan fingerprint density at radius 2 is 1.89 bits per heavy atom. The molecule has 0 radical (unpaired) electrons. The van der Waals surface area contributed by atoms with Gasteiger partial charge in [0, 0.05) is 32.5 Å². The van der Waals surface area contributed by atoms with Gasteiger partial charge in [-0.25, -0.2) is 4.98 Å². The zero-order valence-electron chi connectivity index (χ0n) is 15.6. The molecular formula is C19H22N6OS. The van der Waals surface area contributed by atoms with E-state index in [1.807, 2.05) is 60.7 Å². The predicted molar refractivity (Wildman–Crippen MR) is 105 cm³/mol. The van der Waals surface area contributed by atoms with E-state index in [1.54, 1.807) is 18.6 Å². The molecule has 27 heavy (non-hydrogen) atoms. The highest BCUT2D eigenvalue weighted by atomic mass is 32.2. The summed E-state index contributed by atoms with van der Waals surface area (Å²) in [5.74, 6) is 0.688. The van der Waals surface area contributed by atoms with E-state index in [0.717, 1.165) is 5.56 Å². The number of benzene rings is 1. The molecule has 0 spiro atoms. The van der Waals surface area contributed by atoms with Crippen LogP contribution in [0.4, 0.5) is 0 Å². The number of aromatic nitrogens is 5. The summed E-state index contributed by atoms with van der Waals surface area (Å²) < 4.78 is 1.85. The smallest absolute Gasteiger partial charge is 0.240 e. The summed E-state index contributed by atoms with van der Waals surface area (Å²) in [5, 5.41) is 8.80. The molecular weight excluding hydrogens is 360 g/mol. The molecule has 0 saturated carbocycles. The van der Waals surface area contributed by atoms with Gasteiger partial charge in [-0.1, -0.05) is 42.1 Å². The van der Waals surface area contributed by atoms with Crippen LogP contribution in [0, 0.1) is 0 Å². The van der Waals surface area contributed by atoms with Gasteiger partial charge in [0.05, 0.1) is 6.20 Å². The second kappa shape index (κ2) is 8.77. The van der Waals surface area contributed by atoms with Crippen molar-refractivity contribution in [3.05, 3.63) is 54.5 Å². The Labute approximate surface area is 162 Å². The van der Waals surface area contributed by atoms with Crippen molar-refractivity contribution >= 4 is 17.7 Å². The minimum Gasteiger partial charge on any atom is -0.342 e. The maximum absolute atomic E-state index is 13.1. The van der Waals surface area contributed by atoms with Crippen molar-refractivity contribution in [2.45, 2.75) is 24.3 Å². The fourth-order valence-corrected chi connectivity index (χ4v) is 3.84. The van der Waals surface area contributed by atoms with Crippen LogP contribution in [0.15, 0.2) is 54.1 Å². The lowest BCUT2D eigenvalue weighted by molar-refractivity contribution is -0.130. The van der Waals surface area contributed by atoms with Crippen molar-refractivity contribution < 1.29 is 4.79 Å². The van der Waals surface area contributed by atoms with Gasteiger partial charge in [0.25, 0.3) is 0 Å². The van der Waals surface area contributed by atoms with E-state index in [0.29, 0.717) is 29.8 Å². The SMILES string of the molecule is CCN(CC)C(=O)C(Sc1nnc(-c2cnccn2)n1C)c1ccccc1. The van der Waals surface area contributed by atoms with Gasteiger partial charge < -0.3 is 9.47 Å². The van der Waals surface area contributed by atoms with Gasteiger partial charge in [0.2, 0.25) is 5.91 Å². The number of carbonyl (C=O) groups is 1. The van der Waals surface area contributed by atoms with Crippen LogP contribution in [0.2, 0.25) is 0 Å². The Hall–Kier alpha value is -2.74. The highest BCUT2D eigenvalue weighted by molar-refractivity contribution is 8.00. The molecule has 0 aliphatic rings. The van der Waals surface area contributed by atoms with E-state index in [2.05, 4.69) is 20.2 Å². The van der Waals surface area contributed by atoms with Gasteiger partial charge in [0.15, 0.2) is 11.0 Å². The van der Waals surface area contributed by atoms with Crippen LogP contribution >= 0.6 is 11.8 Å². The quantitative estimate of drug-likeness (QED) is 0.585. The number of hydrogen-bond acceptors (Lipinski definition) is 6. The molecule has 140 valence electrons. The molecule has 1 unspecified atom stereocenters. The van der Waals surface area contributed by atoms with Crippen LogP contribution in [-0.2, 0) is 11.8 Å². The van der Waals surface area contributed by atoms with Gasteiger partial charge in [-0.2, -0.15) is 0 Å². The fraction of sp³-hybridized carbons (Fsp3) is 0.316. The Kier molecular flexibility index (Phi) is 6.18. The number of hydrogen-bond donors (Lipinski definition) is 0. The summed E-state index contributed by atoms with van der Waals surface area (Å²) >= 11 is 1.40. The largest absolute Gasteiger partial charge is 0.342 e. The summed E-state index contributed by atoms with van der Waals surface area (Å²) in [6.45, 7) is 5.32. The first-order chi connectivity index (χ1) is 13.2. The summed E-state index contributed by atoms with van der Waals surface area (Å²) in [7, 11) is 1.87. The van der Waals surface area contributed by atoms with Crippen LogP contribution in [0.1, 0.15) is 24.7 Å². The maximum atomic E-state index is 13.1. The predicted octanol–water partition coefficient (Wildman–Crippen LogP) is 2.97. The van der Waals surface area contributed by atoms with E-state index < -0.39 is 0 Å². The number of amides is 1. The summed E-state index contributed by atoms with van der Waals surface area (Å²) in [4.78, 5) is 23.3. The van der Waals surface area contributed by atoms with E-state index >= 15 is 0 Å². The third-order valence-electron chi connectivity index (χ3n) is 4.25. The first-order valence-electron chi connectivity index (χ1n) is 8.81. The molecule has 8 heteroatoms. The highest BCUT2D eigenvalue weighted by Gasteiger charge is 2.28. The van der Waals surface area contributed by atoms with E-state index in [4.69, 9.17) is 0 Å². The highest BCUT2D eigenvalue weighted by Crippen LogP contribution is 2.36. The number of carbonyl (C=O) groups excluding carboxylic acids is 1. The van der Waals surface area contributed by atoms with Gasteiger partial charge in [-0.15, -0.1) is 10.2 Å². The van der Waals surface area contributed by atoms with Gasteiger partial charge in [-0.3, -0.25) is 9.78 Å². The lowest BCUT2D eigenvalue weighted by atomic mass is 10.1. The van der Waals surface area contributed by atoms with Gasteiger partial charge >= 0.3 is 0 Å². The lowest BCUT2D eigenvalue weighted by Gasteiger charge is -2.24. The Bertz CT molecular complexity index is 880. The molecule has 1 amide bonds. The molecule has 1 atom stereocenters. The molecule has 0 bridgehead atoms. The zero-order chi connectivity index (χ0) is 19.2. The minimum atomic E-state index is -0.385. The Morgan fingerprint density at radius 3 is 2.52 bits per heavy atom. The number of rotatable bonds is 7. The summed E-state index contributed by atoms with van der Waals surface area (Å²) in [6, 6.07) is 9.78. The second-order valence-electron chi connectivity index (χ2n) is 5.87. The lowest BCUT2D eigenvalue weighted by Crippen LogP contribution is -2.34. The Morgan fingerprint density at radius 1 is 1.15 bits per heavy atom. The van der Waals surface area contributed by atoms with Crippen molar-refractivity contribution in [2.24, 2.45) is 7.05 Å². The minimum absolute atomic E-state index is 0.0697. The van der Waals surface area contributed by atoms with Crippen molar-refractivity contribution in [1.29, 1.82) is 0 Å². The monoisotopic (exact) mass is 382 g/mol. The number of nitrogens with zero attached hydrogens (tertiary/aromatic N) is 6. The number of thioether (sulfide) groups is 1. The van der Waals surface area contributed by atoms with Crippen LogP contribution in [0.5, 0.6) is 0 Å². The van der Waals surface area contributed by atoms with Crippen molar-refractivity contribution in [2.75, 3.05) is 13.1 Å². The van der Waals surface area contributed by atoms with E-state index in [9.17, 15) is 4.79 Å². The molecule has 3 aromatic rings. The molecule has 2 heterocycles. The van der Waals surface area contributed by atoms with Crippen molar-refractivity contribution in [3.63, 3.8) is 0 Å². The topological polar surface area (TPSA) is 76.8 Å².